The molecule has 0 amide bonds. The van der Waals surface area contributed by atoms with E-state index < -0.39 is 0 Å². The molecule has 0 spiro atoms. The van der Waals surface area contributed by atoms with Crippen LogP contribution in [0, 0.1) is 0 Å². The molecule has 22 valence electrons. The van der Waals surface area contributed by atoms with Crippen LogP contribution in [-0.2, 0) is 13.5 Å². The van der Waals surface area contributed by atoms with Crippen LogP contribution in [0.1, 0.15) is 6.92 Å². The van der Waals surface area contributed by atoms with Gasteiger partial charge in [-0.3, -0.25) is 0 Å². The number of rotatable bonds is 0. The van der Waals surface area contributed by atoms with Crippen LogP contribution < -0.4 is 0 Å². The summed E-state index contributed by atoms with van der Waals surface area (Å²) in [6, 6.07) is 0. The van der Waals surface area contributed by atoms with Gasteiger partial charge in [-0.05, 0) is 0 Å². The molecule has 0 unspecified atom stereocenters. The van der Waals surface area contributed by atoms with Gasteiger partial charge in [-0.15, -0.1) is 0 Å². The van der Waals surface area contributed by atoms with Gasteiger partial charge in [-0.25, -0.2) is 0 Å². The first kappa shape index (κ1) is 8.86. The Balaban J connectivity index is 0. The zero-order valence-corrected chi connectivity index (χ0v) is 4.66. The molecule has 0 fully saturated rings. The van der Waals surface area contributed by atoms with Gasteiger partial charge in [-0.2, -0.15) is 0 Å². The van der Waals surface area contributed by atoms with Gasteiger partial charge >= 0.3 is 28.5 Å². The minimum Gasteiger partial charge on any atom is -2.00 e. The molecule has 0 nitrogen and oxygen atoms in total. The predicted molar refractivity (Wildman–Crippen MR) is 23.6 cm³/mol. The van der Waals surface area contributed by atoms with Crippen LogP contribution in [0.15, 0.2) is 0 Å². The molecular formula is C2H5AlS. The molecule has 0 aliphatic heterocycles. The maximum Gasteiger partial charge on any atom is -2.00 e. The fourth-order valence-corrected chi connectivity index (χ4v) is 0. The van der Waals surface area contributed by atoms with Crippen LogP contribution >= 0.6 is 0 Å². The third-order valence-corrected chi connectivity index (χ3v) is 0. The van der Waals surface area contributed by atoms with Crippen molar-refractivity contribution in [1.82, 2.24) is 0 Å². The van der Waals surface area contributed by atoms with Crippen molar-refractivity contribution in [3.8, 4) is 0 Å². The summed E-state index contributed by atoms with van der Waals surface area (Å²) < 4.78 is 0. The van der Waals surface area contributed by atoms with E-state index in [1.165, 1.54) is 5.28 Å². The average Bonchev–Trinajstić information content (AvgIpc) is 0.918. The molecule has 0 saturated heterocycles. The molecule has 0 heterocycles. The van der Waals surface area contributed by atoms with E-state index in [4.69, 9.17) is 0 Å². The zero-order valence-electron chi connectivity index (χ0n) is 2.69. The number of hydrogen-bond acceptors (Lipinski definition) is 0. The van der Waals surface area contributed by atoms with Crippen LogP contribution in [-0.4, -0.2) is 16.3 Å². The standard InChI is InChI=1S/C2H5.Al.S/c1-2;;/h1H2,2H3;;/q;+2;-2. The van der Waals surface area contributed by atoms with Crippen LogP contribution in [0.2, 0.25) is 5.28 Å². The van der Waals surface area contributed by atoms with Gasteiger partial charge in [0.05, 0.1) is 0 Å². The molecule has 0 N–H and O–H groups in total. The first-order valence-corrected chi connectivity index (χ1v) is 1.93. The van der Waals surface area contributed by atoms with Crippen LogP contribution in [0.4, 0.5) is 0 Å². The van der Waals surface area contributed by atoms with Gasteiger partial charge in [0.15, 0.2) is 0 Å². The molecular weight excluding hydrogens is 83.1 g/mol. The van der Waals surface area contributed by atoms with Crippen LogP contribution in [0.25, 0.3) is 0 Å². The first-order valence-electron chi connectivity index (χ1n) is 1.12. The summed E-state index contributed by atoms with van der Waals surface area (Å²) in [5.41, 5.74) is 0. The quantitative estimate of drug-likeness (QED) is 0.380. The van der Waals surface area contributed by atoms with Gasteiger partial charge < -0.3 is 13.5 Å². The van der Waals surface area contributed by atoms with Crippen molar-refractivity contribution in [2.75, 3.05) is 0 Å². The van der Waals surface area contributed by atoms with E-state index >= 15 is 0 Å². The minimum atomic E-state index is 0. The van der Waals surface area contributed by atoms with E-state index in [0.29, 0.717) is 0 Å². The maximum absolute atomic E-state index is 2.58. The first-order chi connectivity index (χ1) is 1.41. The third kappa shape index (κ3) is 13.1. The van der Waals surface area contributed by atoms with Crippen LogP contribution in [0.3, 0.4) is 0 Å². The summed E-state index contributed by atoms with van der Waals surface area (Å²) in [5.74, 6) is 0. The molecule has 0 aromatic carbocycles. The molecule has 0 aromatic rings. The van der Waals surface area contributed by atoms with Gasteiger partial charge in [0.1, 0.15) is 0 Å². The topological polar surface area (TPSA) is 0 Å². The Hall–Kier alpha value is 0.882. The summed E-state index contributed by atoms with van der Waals surface area (Å²) in [4.78, 5) is 0. The molecule has 0 aliphatic rings. The largest absolute Gasteiger partial charge is 2.00 e. The van der Waals surface area contributed by atoms with E-state index in [1.54, 1.807) is 0 Å². The average molecular weight is 88.1 g/mol. The Kier molecular flexibility index (Phi) is 20.2. The second-order valence-corrected chi connectivity index (χ2v) is 1.22. The summed E-state index contributed by atoms with van der Waals surface area (Å²) in [7, 11) is 0. The molecule has 0 radical (unpaired) electrons. The fraction of sp³-hybridized carbons (Fsp3) is 1.00. The van der Waals surface area contributed by atoms with Gasteiger partial charge in [-0.1, -0.05) is 0 Å². The maximum atomic E-state index is 2.58. The van der Waals surface area contributed by atoms with Gasteiger partial charge in [0.25, 0.3) is 0 Å². The Morgan fingerprint density at radius 1 is 1.75 bits per heavy atom. The molecule has 0 saturated carbocycles. The van der Waals surface area contributed by atoms with E-state index in [-0.39, 0.29) is 13.5 Å². The predicted octanol–water partition coefficient (Wildman–Crippen LogP) is 0.591. The molecule has 2 heteroatoms. The van der Waals surface area contributed by atoms with Crippen molar-refractivity contribution < 1.29 is 0 Å². The summed E-state index contributed by atoms with van der Waals surface area (Å²) in [6.45, 7) is 2.09. The van der Waals surface area contributed by atoms with Crippen molar-refractivity contribution >= 4 is 29.8 Å². The SMILES string of the molecule is C[CH2][Al+2].[S-2]. The van der Waals surface area contributed by atoms with Gasteiger partial charge in [0, 0.05) is 0 Å². The van der Waals surface area contributed by atoms with Crippen molar-refractivity contribution in [3.63, 3.8) is 0 Å². The van der Waals surface area contributed by atoms with E-state index in [0.717, 1.165) is 0 Å². The smallest absolute Gasteiger partial charge is 2.00 e. The monoisotopic (exact) mass is 88.0 g/mol. The second kappa shape index (κ2) is 9.10. The van der Waals surface area contributed by atoms with E-state index in [1.807, 2.05) is 0 Å². The third-order valence-electron chi connectivity index (χ3n) is 0. The van der Waals surface area contributed by atoms with Crippen LogP contribution in [0.5, 0.6) is 0 Å². The minimum absolute atomic E-state index is 0. The molecule has 0 aliphatic carbocycles. The van der Waals surface area contributed by atoms with Crippen molar-refractivity contribution in [1.29, 1.82) is 0 Å². The van der Waals surface area contributed by atoms with Crippen molar-refractivity contribution in [2.24, 2.45) is 0 Å². The van der Waals surface area contributed by atoms with Crippen molar-refractivity contribution in [2.45, 2.75) is 12.2 Å². The summed E-state index contributed by atoms with van der Waals surface area (Å²) in [6.07, 6.45) is 0. The summed E-state index contributed by atoms with van der Waals surface area (Å²) in [5, 5.41) is 1.17. The Labute approximate surface area is 42.5 Å². The fourth-order valence-electron chi connectivity index (χ4n) is 0. The molecule has 0 rings (SSSR count). The summed E-state index contributed by atoms with van der Waals surface area (Å²) >= 11 is 2.58. The van der Waals surface area contributed by atoms with Gasteiger partial charge in [0.2, 0.25) is 0 Å². The second-order valence-electron chi connectivity index (χ2n) is 0.408. The Morgan fingerprint density at radius 3 is 1.75 bits per heavy atom. The van der Waals surface area contributed by atoms with Crippen molar-refractivity contribution in [3.05, 3.63) is 0 Å². The molecule has 0 atom stereocenters. The van der Waals surface area contributed by atoms with E-state index in [9.17, 15) is 0 Å². The zero-order chi connectivity index (χ0) is 2.71. The molecule has 4 heavy (non-hydrogen) atoms. The number of hydrogen-bond donors (Lipinski definition) is 0. The Bertz CT molecular complexity index is 6.00. The molecule has 0 aromatic heterocycles. The Morgan fingerprint density at radius 2 is 1.75 bits per heavy atom. The van der Waals surface area contributed by atoms with E-state index in [2.05, 4.69) is 23.2 Å². The normalized spacial score (nSPS) is 4.75. The molecule has 0 bridgehead atoms.